The maximum atomic E-state index is 13.0. The molecule has 0 spiro atoms. The summed E-state index contributed by atoms with van der Waals surface area (Å²) in [7, 11) is 0. The lowest BCUT2D eigenvalue weighted by Gasteiger charge is -2.24. The molecule has 3 aromatic rings. The van der Waals surface area contributed by atoms with Gasteiger partial charge in [0.05, 0.1) is 15.7 Å². The smallest absolute Gasteiger partial charge is 0.331 e. The molecule has 35 heavy (non-hydrogen) atoms. The third-order valence-corrected chi connectivity index (χ3v) is 7.82. The van der Waals surface area contributed by atoms with Gasteiger partial charge in [0, 0.05) is 27.1 Å². The van der Waals surface area contributed by atoms with Gasteiger partial charge in [-0.15, -0.1) is 11.3 Å². The van der Waals surface area contributed by atoms with Gasteiger partial charge in [0.15, 0.2) is 5.13 Å². The zero-order valence-corrected chi connectivity index (χ0v) is 21.9. The molecule has 1 amide bonds. The Labute approximate surface area is 218 Å². The SMILES string of the molecule is CCCCCC1Cc2sc(NC(=O)c3cc(Cl)c(C=C(C)C(=O)O)c(Cl)c3)nc2-c2ccccc21. The lowest BCUT2D eigenvalue weighted by Crippen LogP contribution is -2.12. The molecule has 2 N–H and O–H groups in total. The molecule has 2 aromatic carbocycles. The Kier molecular flexibility index (Phi) is 7.95. The Morgan fingerprint density at radius 2 is 1.91 bits per heavy atom. The summed E-state index contributed by atoms with van der Waals surface area (Å²) in [6, 6.07) is 11.4. The van der Waals surface area contributed by atoms with Gasteiger partial charge >= 0.3 is 5.97 Å². The Balaban J connectivity index is 1.57. The zero-order chi connectivity index (χ0) is 25.1. The molecule has 0 saturated carbocycles. The number of halogens is 2. The van der Waals surface area contributed by atoms with Crippen LogP contribution >= 0.6 is 34.5 Å². The van der Waals surface area contributed by atoms with Crippen LogP contribution in [0.2, 0.25) is 10.0 Å². The van der Waals surface area contributed by atoms with Gasteiger partial charge in [0.2, 0.25) is 0 Å². The number of aliphatic carboxylic acids is 1. The van der Waals surface area contributed by atoms with E-state index in [4.69, 9.17) is 33.3 Å². The van der Waals surface area contributed by atoms with Crippen LogP contribution in [0, 0.1) is 0 Å². The predicted octanol–water partition coefficient (Wildman–Crippen LogP) is 8.08. The van der Waals surface area contributed by atoms with Crippen LogP contribution in [-0.2, 0) is 11.2 Å². The van der Waals surface area contributed by atoms with Crippen molar-refractivity contribution in [2.45, 2.75) is 51.9 Å². The summed E-state index contributed by atoms with van der Waals surface area (Å²) in [5, 5.41) is 12.9. The highest BCUT2D eigenvalue weighted by molar-refractivity contribution is 7.16. The quantitative estimate of drug-likeness (QED) is 0.228. The molecular weight excluding hydrogens is 503 g/mol. The van der Waals surface area contributed by atoms with E-state index in [1.54, 1.807) is 0 Å². The fraction of sp³-hybridized carbons (Fsp3) is 0.296. The van der Waals surface area contributed by atoms with Crippen LogP contribution < -0.4 is 5.32 Å². The Morgan fingerprint density at radius 3 is 2.60 bits per heavy atom. The second-order valence-corrected chi connectivity index (χ2v) is 10.6. The molecule has 0 aliphatic heterocycles. The number of thiazole rings is 1. The van der Waals surface area contributed by atoms with Gasteiger partial charge in [-0.2, -0.15) is 0 Å². The highest BCUT2D eigenvalue weighted by Crippen LogP contribution is 2.44. The third kappa shape index (κ3) is 5.61. The number of carboxylic acid groups (broad SMARTS) is 1. The summed E-state index contributed by atoms with van der Waals surface area (Å²) < 4.78 is 0. The number of benzene rings is 2. The summed E-state index contributed by atoms with van der Waals surface area (Å²) in [5.41, 5.74) is 4.14. The molecule has 1 heterocycles. The predicted molar refractivity (Wildman–Crippen MR) is 144 cm³/mol. The number of unbranched alkanes of at least 4 members (excludes halogenated alkanes) is 2. The van der Waals surface area contributed by atoms with E-state index in [2.05, 4.69) is 30.4 Å². The standard InChI is InChI=1S/C27H26Cl2N2O3S/c1-3-4-5-8-16-14-23-24(19-10-7-6-9-18(16)19)30-27(35-23)31-25(32)17-12-21(28)20(22(29)13-17)11-15(2)26(33)34/h6-7,9-13,16H,3-5,8,14H2,1-2H3,(H,33,34)(H,30,31,32). The van der Waals surface area contributed by atoms with Crippen molar-refractivity contribution >= 4 is 57.6 Å². The maximum absolute atomic E-state index is 13.0. The number of nitrogens with one attached hydrogen (secondary N) is 1. The fourth-order valence-electron chi connectivity index (χ4n) is 4.36. The van der Waals surface area contributed by atoms with Crippen molar-refractivity contribution in [3.8, 4) is 11.3 Å². The van der Waals surface area contributed by atoms with Crippen LogP contribution in [0.15, 0.2) is 42.0 Å². The van der Waals surface area contributed by atoms with Gasteiger partial charge in [-0.25, -0.2) is 9.78 Å². The summed E-state index contributed by atoms with van der Waals surface area (Å²) in [4.78, 5) is 30.1. The second-order valence-electron chi connectivity index (χ2n) is 8.72. The first-order valence-electron chi connectivity index (χ1n) is 11.6. The fourth-order valence-corrected chi connectivity index (χ4v) is 6.00. The number of aromatic nitrogens is 1. The first-order valence-corrected chi connectivity index (χ1v) is 13.2. The molecule has 8 heteroatoms. The maximum Gasteiger partial charge on any atom is 0.331 e. The highest BCUT2D eigenvalue weighted by atomic mass is 35.5. The van der Waals surface area contributed by atoms with Crippen LogP contribution in [0.3, 0.4) is 0 Å². The summed E-state index contributed by atoms with van der Waals surface area (Å²) in [5.74, 6) is -0.985. The Morgan fingerprint density at radius 1 is 1.20 bits per heavy atom. The van der Waals surface area contributed by atoms with Crippen molar-refractivity contribution in [1.29, 1.82) is 0 Å². The number of carbonyl (C=O) groups excluding carboxylic acids is 1. The van der Waals surface area contributed by atoms with E-state index in [0.717, 1.165) is 24.1 Å². The van der Waals surface area contributed by atoms with Crippen LogP contribution in [0.1, 0.15) is 71.8 Å². The minimum Gasteiger partial charge on any atom is -0.478 e. The topological polar surface area (TPSA) is 79.3 Å². The zero-order valence-electron chi connectivity index (χ0n) is 19.5. The number of hydrogen-bond donors (Lipinski definition) is 2. The summed E-state index contributed by atoms with van der Waals surface area (Å²) in [6.45, 7) is 3.67. The molecule has 1 unspecified atom stereocenters. The molecule has 1 aliphatic carbocycles. The van der Waals surface area contributed by atoms with E-state index in [9.17, 15) is 9.59 Å². The van der Waals surface area contributed by atoms with E-state index in [0.29, 0.717) is 16.6 Å². The van der Waals surface area contributed by atoms with Crippen LogP contribution in [0.4, 0.5) is 5.13 Å². The average molecular weight is 529 g/mol. The minimum atomic E-state index is -1.07. The number of nitrogens with zero attached hydrogens (tertiary/aromatic N) is 1. The van der Waals surface area contributed by atoms with Crippen molar-refractivity contribution in [1.82, 2.24) is 4.98 Å². The molecule has 5 nitrogen and oxygen atoms in total. The molecule has 1 atom stereocenters. The van der Waals surface area contributed by atoms with Crippen LogP contribution in [0.25, 0.3) is 17.3 Å². The summed E-state index contributed by atoms with van der Waals surface area (Å²) >= 11 is 14.1. The number of rotatable bonds is 8. The van der Waals surface area contributed by atoms with Gasteiger partial charge in [0.25, 0.3) is 5.91 Å². The van der Waals surface area contributed by atoms with E-state index in [-0.39, 0.29) is 27.1 Å². The van der Waals surface area contributed by atoms with E-state index in [1.165, 1.54) is 66.2 Å². The molecule has 0 saturated heterocycles. The van der Waals surface area contributed by atoms with E-state index in [1.807, 2.05) is 6.07 Å². The first kappa shape index (κ1) is 25.4. The van der Waals surface area contributed by atoms with Gasteiger partial charge in [-0.3, -0.25) is 10.1 Å². The average Bonchev–Trinajstić information content (AvgIpc) is 3.23. The lowest BCUT2D eigenvalue weighted by atomic mass is 9.81. The highest BCUT2D eigenvalue weighted by Gasteiger charge is 2.28. The number of anilines is 1. The van der Waals surface area contributed by atoms with Gasteiger partial charge in [-0.05, 0) is 49.5 Å². The van der Waals surface area contributed by atoms with E-state index < -0.39 is 5.97 Å². The summed E-state index contributed by atoms with van der Waals surface area (Å²) in [6.07, 6.45) is 7.07. The molecule has 0 bridgehead atoms. The van der Waals surface area contributed by atoms with Crippen molar-refractivity contribution in [2.24, 2.45) is 0 Å². The van der Waals surface area contributed by atoms with Crippen molar-refractivity contribution < 1.29 is 14.7 Å². The van der Waals surface area contributed by atoms with Gasteiger partial charge < -0.3 is 5.11 Å². The van der Waals surface area contributed by atoms with Crippen LogP contribution in [-0.4, -0.2) is 22.0 Å². The van der Waals surface area contributed by atoms with Crippen molar-refractivity contribution in [3.05, 3.63) is 73.6 Å². The number of carboxylic acids is 1. The number of carbonyl (C=O) groups is 2. The first-order chi connectivity index (χ1) is 16.8. The number of amides is 1. The van der Waals surface area contributed by atoms with Crippen LogP contribution in [0.5, 0.6) is 0 Å². The normalized spacial score (nSPS) is 14.9. The number of hydrogen-bond acceptors (Lipinski definition) is 4. The van der Waals surface area contributed by atoms with Crippen molar-refractivity contribution in [3.63, 3.8) is 0 Å². The minimum absolute atomic E-state index is 0.0904. The Hall–Kier alpha value is -2.67. The van der Waals surface area contributed by atoms with Gasteiger partial charge in [-0.1, -0.05) is 73.7 Å². The van der Waals surface area contributed by atoms with E-state index >= 15 is 0 Å². The molecular formula is C27H26Cl2N2O3S. The number of fused-ring (bicyclic) bond motifs is 3. The molecule has 182 valence electrons. The Bertz CT molecular complexity index is 1290. The molecule has 0 radical (unpaired) electrons. The monoisotopic (exact) mass is 528 g/mol. The molecule has 0 fully saturated rings. The lowest BCUT2D eigenvalue weighted by molar-refractivity contribution is -0.132. The largest absolute Gasteiger partial charge is 0.478 e. The molecule has 4 rings (SSSR count). The van der Waals surface area contributed by atoms with Crippen molar-refractivity contribution in [2.75, 3.05) is 5.32 Å². The molecule has 1 aromatic heterocycles. The third-order valence-electron chi connectivity index (χ3n) is 6.20. The molecule has 1 aliphatic rings. The van der Waals surface area contributed by atoms with Gasteiger partial charge in [0.1, 0.15) is 0 Å². The second kappa shape index (κ2) is 10.9.